The lowest BCUT2D eigenvalue weighted by atomic mass is 10.1. The molecule has 0 heterocycles. The van der Waals surface area contributed by atoms with Gasteiger partial charge in [0.1, 0.15) is 24.0 Å². The van der Waals surface area contributed by atoms with E-state index in [9.17, 15) is 20.2 Å². The number of nitrogens with zero attached hydrogens (tertiary/aromatic N) is 2. The summed E-state index contributed by atoms with van der Waals surface area (Å²) in [6.45, 7) is 4.03. The number of nitriles is 1. The van der Waals surface area contributed by atoms with E-state index in [-0.39, 0.29) is 17.9 Å². The Labute approximate surface area is 185 Å². The molecule has 0 unspecified atom stereocenters. The molecule has 0 fully saturated rings. The van der Waals surface area contributed by atoms with E-state index in [0.29, 0.717) is 17.0 Å². The van der Waals surface area contributed by atoms with Crippen molar-refractivity contribution in [1.82, 2.24) is 0 Å². The minimum atomic E-state index is -0.508. The van der Waals surface area contributed by atoms with Gasteiger partial charge in [-0.15, -0.1) is 0 Å². The molecule has 0 saturated carbocycles. The van der Waals surface area contributed by atoms with Gasteiger partial charge in [0.15, 0.2) is 0 Å². The zero-order valence-corrected chi connectivity index (χ0v) is 17.7. The van der Waals surface area contributed by atoms with E-state index < -0.39 is 10.8 Å². The maximum Gasteiger partial charge on any atom is 0.269 e. The highest BCUT2D eigenvalue weighted by atomic mass is 16.6. The van der Waals surface area contributed by atoms with Crippen molar-refractivity contribution in [2.24, 2.45) is 0 Å². The molecule has 3 aromatic rings. The Morgan fingerprint density at radius 3 is 2.50 bits per heavy atom. The summed E-state index contributed by atoms with van der Waals surface area (Å²) in [6.07, 6.45) is 1.48. The van der Waals surface area contributed by atoms with Crippen molar-refractivity contribution in [2.75, 3.05) is 5.32 Å². The molecule has 1 amide bonds. The topological polar surface area (TPSA) is 105 Å². The van der Waals surface area contributed by atoms with Crippen molar-refractivity contribution in [3.8, 4) is 11.8 Å². The van der Waals surface area contributed by atoms with Gasteiger partial charge in [-0.1, -0.05) is 30.3 Å². The van der Waals surface area contributed by atoms with Crippen LogP contribution in [0.2, 0.25) is 0 Å². The van der Waals surface area contributed by atoms with E-state index in [1.54, 1.807) is 42.5 Å². The van der Waals surface area contributed by atoms with Crippen LogP contribution in [0.4, 0.5) is 11.4 Å². The van der Waals surface area contributed by atoms with Crippen LogP contribution in [-0.4, -0.2) is 10.8 Å². The number of hydrogen-bond acceptors (Lipinski definition) is 5. The standard InChI is InChI=1S/C25H21N3O4/c1-17-6-5-8-23(18(17)2)27-25(29)21(15-26)14-20-7-3-4-9-24(20)32-16-19-10-12-22(13-11-19)28(30)31/h3-14H,16H2,1-2H3,(H,27,29)/b21-14+. The van der Waals surface area contributed by atoms with Crippen LogP contribution >= 0.6 is 0 Å². The summed E-state index contributed by atoms with van der Waals surface area (Å²) in [6, 6.07) is 20.6. The van der Waals surface area contributed by atoms with Gasteiger partial charge in [-0.2, -0.15) is 5.26 Å². The van der Waals surface area contributed by atoms with Crippen LogP contribution in [0.15, 0.2) is 72.3 Å². The largest absolute Gasteiger partial charge is 0.488 e. The predicted molar refractivity (Wildman–Crippen MR) is 122 cm³/mol. The monoisotopic (exact) mass is 427 g/mol. The van der Waals surface area contributed by atoms with Crippen LogP contribution in [-0.2, 0) is 11.4 Å². The normalized spacial score (nSPS) is 10.8. The quantitative estimate of drug-likeness (QED) is 0.237. The van der Waals surface area contributed by atoms with Crippen molar-refractivity contribution in [3.63, 3.8) is 0 Å². The molecular weight excluding hydrogens is 406 g/mol. The zero-order chi connectivity index (χ0) is 23.1. The molecule has 3 rings (SSSR count). The number of aryl methyl sites for hydroxylation is 1. The third kappa shape index (κ3) is 5.37. The van der Waals surface area contributed by atoms with Crippen molar-refractivity contribution >= 4 is 23.4 Å². The van der Waals surface area contributed by atoms with E-state index in [1.807, 2.05) is 32.0 Å². The fourth-order valence-electron chi connectivity index (χ4n) is 2.99. The molecule has 0 aliphatic rings. The second kappa shape index (κ2) is 10.0. The number of nitro groups is 1. The third-order valence-electron chi connectivity index (χ3n) is 4.98. The van der Waals surface area contributed by atoms with Gasteiger partial charge >= 0.3 is 0 Å². The van der Waals surface area contributed by atoms with Gasteiger partial charge in [-0.05, 0) is 60.9 Å². The Kier molecular flexibility index (Phi) is 6.99. The molecule has 7 nitrogen and oxygen atoms in total. The number of non-ortho nitro benzene ring substituents is 1. The number of amides is 1. The Morgan fingerprint density at radius 1 is 1.09 bits per heavy atom. The SMILES string of the molecule is Cc1cccc(NC(=O)/C(C#N)=C/c2ccccc2OCc2ccc([N+](=O)[O-])cc2)c1C. The molecule has 1 N–H and O–H groups in total. The van der Waals surface area contributed by atoms with E-state index in [0.717, 1.165) is 16.7 Å². The number of anilines is 1. The zero-order valence-electron chi connectivity index (χ0n) is 17.7. The van der Waals surface area contributed by atoms with Gasteiger partial charge in [0.2, 0.25) is 0 Å². The third-order valence-corrected chi connectivity index (χ3v) is 4.98. The first kappa shape index (κ1) is 22.2. The lowest BCUT2D eigenvalue weighted by Gasteiger charge is -2.11. The summed E-state index contributed by atoms with van der Waals surface area (Å²) >= 11 is 0. The second-order valence-corrected chi connectivity index (χ2v) is 7.12. The molecule has 0 radical (unpaired) electrons. The fraction of sp³-hybridized carbons (Fsp3) is 0.120. The van der Waals surface area contributed by atoms with Gasteiger partial charge in [0.05, 0.1) is 4.92 Å². The average Bonchev–Trinajstić information content (AvgIpc) is 2.80. The molecule has 0 aromatic heterocycles. The highest BCUT2D eigenvalue weighted by Gasteiger charge is 2.13. The summed E-state index contributed by atoms with van der Waals surface area (Å²) in [5.74, 6) is -0.0236. The van der Waals surface area contributed by atoms with E-state index >= 15 is 0 Å². The molecule has 0 aliphatic carbocycles. The van der Waals surface area contributed by atoms with Gasteiger partial charge in [0.25, 0.3) is 11.6 Å². The Balaban J connectivity index is 1.78. The molecule has 0 saturated heterocycles. The highest BCUT2D eigenvalue weighted by molar-refractivity contribution is 6.10. The minimum absolute atomic E-state index is 0.00519. The summed E-state index contributed by atoms with van der Waals surface area (Å²) in [4.78, 5) is 23.0. The van der Waals surface area contributed by atoms with E-state index in [1.165, 1.54) is 18.2 Å². The van der Waals surface area contributed by atoms with Crippen molar-refractivity contribution < 1.29 is 14.5 Å². The summed E-state index contributed by atoms with van der Waals surface area (Å²) in [7, 11) is 0. The Bertz CT molecular complexity index is 1220. The van der Waals surface area contributed by atoms with Gasteiger partial charge < -0.3 is 10.1 Å². The number of carbonyl (C=O) groups excluding carboxylic acids is 1. The maximum atomic E-state index is 12.7. The number of hydrogen-bond donors (Lipinski definition) is 1. The van der Waals surface area contributed by atoms with Gasteiger partial charge in [-0.3, -0.25) is 14.9 Å². The fourth-order valence-corrected chi connectivity index (χ4v) is 2.99. The molecular formula is C25H21N3O4. The number of rotatable bonds is 7. The van der Waals surface area contributed by atoms with Crippen LogP contribution in [0.3, 0.4) is 0 Å². The number of nitro benzene ring substituents is 1. The first-order valence-electron chi connectivity index (χ1n) is 9.83. The molecule has 0 spiro atoms. The Morgan fingerprint density at radius 2 is 1.81 bits per heavy atom. The number of ether oxygens (including phenoxy) is 1. The molecule has 0 bridgehead atoms. The lowest BCUT2D eigenvalue weighted by Crippen LogP contribution is -2.14. The number of para-hydroxylation sites is 1. The Hall–Kier alpha value is -4.44. The van der Waals surface area contributed by atoms with Crippen LogP contribution in [0.1, 0.15) is 22.3 Å². The molecule has 0 aliphatic heterocycles. The minimum Gasteiger partial charge on any atom is -0.488 e. The molecule has 160 valence electrons. The molecule has 3 aromatic carbocycles. The maximum absolute atomic E-state index is 12.7. The lowest BCUT2D eigenvalue weighted by molar-refractivity contribution is -0.384. The average molecular weight is 427 g/mol. The molecule has 0 atom stereocenters. The van der Waals surface area contributed by atoms with E-state index in [2.05, 4.69) is 5.32 Å². The number of nitrogens with one attached hydrogen (secondary N) is 1. The number of benzene rings is 3. The second-order valence-electron chi connectivity index (χ2n) is 7.12. The predicted octanol–water partition coefficient (Wildman–Crippen LogP) is 5.34. The van der Waals surface area contributed by atoms with Crippen LogP contribution in [0.25, 0.3) is 6.08 Å². The van der Waals surface area contributed by atoms with Crippen molar-refractivity contribution in [2.45, 2.75) is 20.5 Å². The smallest absolute Gasteiger partial charge is 0.269 e. The first-order valence-corrected chi connectivity index (χ1v) is 9.83. The highest BCUT2D eigenvalue weighted by Crippen LogP contribution is 2.24. The summed E-state index contributed by atoms with van der Waals surface area (Å²) in [5, 5.41) is 23.1. The van der Waals surface area contributed by atoms with Crippen molar-refractivity contribution in [3.05, 3.63) is 105 Å². The van der Waals surface area contributed by atoms with Gasteiger partial charge in [0, 0.05) is 23.4 Å². The van der Waals surface area contributed by atoms with Gasteiger partial charge in [-0.25, -0.2) is 0 Å². The van der Waals surface area contributed by atoms with Crippen LogP contribution < -0.4 is 10.1 Å². The summed E-state index contributed by atoms with van der Waals surface area (Å²) < 4.78 is 5.85. The first-order chi connectivity index (χ1) is 15.4. The van der Waals surface area contributed by atoms with Crippen molar-refractivity contribution in [1.29, 1.82) is 5.26 Å². The molecule has 32 heavy (non-hydrogen) atoms. The van der Waals surface area contributed by atoms with Crippen LogP contribution in [0.5, 0.6) is 5.75 Å². The van der Waals surface area contributed by atoms with Crippen LogP contribution in [0, 0.1) is 35.3 Å². The number of carbonyl (C=O) groups is 1. The summed E-state index contributed by atoms with van der Waals surface area (Å²) in [5.41, 5.74) is 3.90. The molecule has 7 heteroatoms. The van der Waals surface area contributed by atoms with E-state index in [4.69, 9.17) is 4.74 Å².